The Hall–Kier alpha value is -0.550. The summed E-state index contributed by atoms with van der Waals surface area (Å²) >= 11 is 0. The second-order valence-electron chi connectivity index (χ2n) is 7.38. The van der Waals surface area contributed by atoms with E-state index in [0.717, 1.165) is 19.3 Å². The highest BCUT2D eigenvalue weighted by Gasteiger charge is 2.38. The second kappa shape index (κ2) is 4.98. The molecule has 0 aromatic carbocycles. The number of ether oxygens (including phenoxy) is 1. The molecule has 1 aliphatic rings. The molecule has 1 rings (SSSR count). The minimum Gasteiger partial charge on any atom is -0.371 e. The summed E-state index contributed by atoms with van der Waals surface area (Å²) in [6.07, 6.45) is 3.28. The Morgan fingerprint density at radius 3 is 2.06 bits per heavy atom. The van der Waals surface area contributed by atoms with Gasteiger partial charge in [-0.1, -0.05) is 20.8 Å². The van der Waals surface area contributed by atoms with Gasteiger partial charge in [0.2, 0.25) is 0 Å². The maximum absolute atomic E-state index is 9.22. The first-order valence-corrected chi connectivity index (χ1v) is 6.71. The van der Waals surface area contributed by atoms with Gasteiger partial charge in [0, 0.05) is 0 Å². The van der Waals surface area contributed by atoms with Gasteiger partial charge < -0.3 is 4.74 Å². The van der Waals surface area contributed by atoms with Crippen molar-refractivity contribution in [1.29, 1.82) is 5.26 Å². The van der Waals surface area contributed by atoms with E-state index in [1.54, 1.807) is 0 Å². The fourth-order valence-electron chi connectivity index (χ4n) is 2.65. The smallest absolute Gasteiger partial charge is 0.0743 e. The summed E-state index contributed by atoms with van der Waals surface area (Å²) in [4.78, 5) is 0. The molecular weight excluding hydrogens is 210 g/mol. The second-order valence-corrected chi connectivity index (χ2v) is 7.38. The molecule has 3 unspecified atom stereocenters. The fraction of sp³-hybridized carbons (Fsp3) is 0.933. The average molecular weight is 237 g/mol. The monoisotopic (exact) mass is 237 g/mol. The number of nitrogens with zero attached hydrogens (tertiary/aromatic N) is 1. The van der Waals surface area contributed by atoms with E-state index in [9.17, 15) is 5.26 Å². The Morgan fingerprint density at radius 1 is 1.06 bits per heavy atom. The van der Waals surface area contributed by atoms with Gasteiger partial charge in [-0.3, -0.25) is 0 Å². The van der Waals surface area contributed by atoms with Gasteiger partial charge in [0.05, 0.1) is 23.7 Å². The first-order chi connectivity index (χ1) is 7.63. The Kier molecular flexibility index (Phi) is 4.25. The van der Waals surface area contributed by atoms with Crippen LogP contribution in [0.2, 0.25) is 0 Å². The van der Waals surface area contributed by atoms with Crippen molar-refractivity contribution in [3.63, 3.8) is 0 Å². The van der Waals surface area contributed by atoms with Gasteiger partial charge in [0.25, 0.3) is 0 Å². The third-order valence-electron chi connectivity index (χ3n) is 3.69. The van der Waals surface area contributed by atoms with E-state index >= 15 is 0 Å². The summed E-state index contributed by atoms with van der Waals surface area (Å²) in [5.74, 6) is 0.743. The van der Waals surface area contributed by atoms with Gasteiger partial charge in [-0.05, 0) is 51.4 Å². The van der Waals surface area contributed by atoms with Crippen molar-refractivity contribution in [2.24, 2.45) is 17.3 Å². The summed E-state index contributed by atoms with van der Waals surface area (Å²) < 4.78 is 6.09. The Morgan fingerprint density at radius 2 is 1.65 bits per heavy atom. The Bertz CT molecular complexity index is 290. The van der Waals surface area contributed by atoms with Crippen LogP contribution in [0.5, 0.6) is 0 Å². The zero-order valence-electron chi connectivity index (χ0n) is 12.2. The van der Waals surface area contributed by atoms with Crippen LogP contribution in [0.4, 0.5) is 0 Å². The lowest BCUT2D eigenvalue weighted by Gasteiger charge is -2.41. The van der Waals surface area contributed by atoms with Crippen molar-refractivity contribution >= 4 is 0 Å². The molecule has 0 saturated heterocycles. The van der Waals surface area contributed by atoms with Crippen LogP contribution in [0.1, 0.15) is 60.8 Å². The maximum Gasteiger partial charge on any atom is 0.0743 e. The van der Waals surface area contributed by atoms with Gasteiger partial charge in [-0.2, -0.15) is 5.26 Å². The van der Waals surface area contributed by atoms with Gasteiger partial charge in [0.15, 0.2) is 0 Å². The van der Waals surface area contributed by atoms with Crippen molar-refractivity contribution in [3.05, 3.63) is 0 Å². The highest BCUT2D eigenvalue weighted by atomic mass is 16.5. The van der Waals surface area contributed by atoms with E-state index in [0.29, 0.717) is 11.3 Å². The molecule has 1 saturated carbocycles. The summed E-state index contributed by atoms with van der Waals surface area (Å²) in [5, 5.41) is 9.22. The molecule has 0 spiro atoms. The molecule has 0 aromatic rings. The number of rotatable bonds is 1. The molecule has 17 heavy (non-hydrogen) atoms. The van der Waals surface area contributed by atoms with Crippen molar-refractivity contribution in [2.75, 3.05) is 0 Å². The van der Waals surface area contributed by atoms with E-state index in [1.807, 2.05) is 0 Å². The summed E-state index contributed by atoms with van der Waals surface area (Å²) in [6.45, 7) is 13.1. The van der Waals surface area contributed by atoms with E-state index in [2.05, 4.69) is 47.6 Å². The SMILES string of the molecule is CC(C)(C)OC1CC(C(C)(C)C)CCC1C#N. The van der Waals surface area contributed by atoms with E-state index in [4.69, 9.17) is 4.74 Å². The maximum atomic E-state index is 9.22. The molecule has 3 atom stereocenters. The molecule has 2 nitrogen and oxygen atoms in total. The van der Waals surface area contributed by atoms with E-state index < -0.39 is 0 Å². The molecule has 0 radical (unpaired) electrons. The summed E-state index contributed by atoms with van der Waals surface area (Å²) in [7, 11) is 0. The fourth-order valence-corrected chi connectivity index (χ4v) is 2.65. The largest absolute Gasteiger partial charge is 0.371 e. The minimum absolute atomic E-state index is 0.0767. The molecule has 0 heterocycles. The molecule has 98 valence electrons. The van der Waals surface area contributed by atoms with Crippen molar-refractivity contribution < 1.29 is 4.74 Å². The van der Waals surface area contributed by atoms with Gasteiger partial charge in [-0.25, -0.2) is 0 Å². The van der Waals surface area contributed by atoms with Crippen molar-refractivity contribution in [2.45, 2.75) is 72.5 Å². The van der Waals surface area contributed by atoms with Crippen molar-refractivity contribution in [3.8, 4) is 6.07 Å². The highest BCUT2D eigenvalue weighted by molar-refractivity contribution is 4.96. The lowest BCUT2D eigenvalue weighted by atomic mass is 9.69. The quantitative estimate of drug-likeness (QED) is 0.686. The van der Waals surface area contributed by atoms with Crippen molar-refractivity contribution in [1.82, 2.24) is 0 Å². The molecule has 1 fully saturated rings. The first kappa shape index (κ1) is 14.5. The zero-order chi connectivity index (χ0) is 13.3. The van der Waals surface area contributed by atoms with Crippen LogP contribution in [0.3, 0.4) is 0 Å². The van der Waals surface area contributed by atoms with Gasteiger partial charge >= 0.3 is 0 Å². The lowest BCUT2D eigenvalue weighted by molar-refractivity contribution is -0.105. The van der Waals surface area contributed by atoms with Crippen LogP contribution in [-0.4, -0.2) is 11.7 Å². The van der Waals surface area contributed by atoms with Crippen LogP contribution in [0.25, 0.3) is 0 Å². The Labute approximate surface area is 106 Å². The molecule has 0 bridgehead atoms. The van der Waals surface area contributed by atoms with Crippen LogP contribution < -0.4 is 0 Å². The molecule has 2 heteroatoms. The molecular formula is C15H27NO. The van der Waals surface area contributed by atoms with Crippen LogP contribution in [-0.2, 0) is 4.74 Å². The number of hydrogen-bond donors (Lipinski definition) is 0. The molecule has 0 N–H and O–H groups in total. The van der Waals surface area contributed by atoms with Gasteiger partial charge in [0.1, 0.15) is 0 Å². The van der Waals surface area contributed by atoms with Gasteiger partial charge in [-0.15, -0.1) is 0 Å². The van der Waals surface area contributed by atoms with Crippen LogP contribution in [0, 0.1) is 28.6 Å². The normalized spacial score (nSPS) is 31.0. The topological polar surface area (TPSA) is 33.0 Å². The highest BCUT2D eigenvalue weighted by Crippen LogP contribution is 2.41. The summed E-state index contributed by atoms with van der Waals surface area (Å²) in [6, 6.07) is 2.42. The first-order valence-electron chi connectivity index (χ1n) is 6.71. The number of hydrogen-bond acceptors (Lipinski definition) is 2. The zero-order valence-corrected chi connectivity index (χ0v) is 12.2. The average Bonchev–Trinajstić information content (AvgIpc) is 2.13. The molecule has 0 amide bonds. The van der Waals surface area contributed by atoms with Crippen LogP contribution >= 0.6 is 0 Å². The predicted octanol–water partition coefficient (Wildman–Crippen LogP) is 4.16. The Balaban J connectivity index is 2.73. The standard InChI is InChI=1S/C15H27NO/c1-14(2,3)12-8-7-11(10-16)13(9-12)17-15(4,5)6/h11-13H,7-9H2,1-6H3. The van der Waals surface area contributed by atoms with E-state index in [-0.39, 0.29) is 17.6 Å². The lowest BCUT2D eigenvalue weighted by Crippen LogP contribution is -2.40. The third-order valence-corrected chi connectivity index (χ3v) is 3.69. The van der Waals surface area contributed by atoms with Crippen LogP contribution in [0.15, 0.2) is 0 Å². The minimum atomic E-state index is -0.153. The predicted molar refractivity (Wildman–Crippen MR) is 70.5 cm³/mol. The summed E-state index contributed by atoms with van der Waals surface area (Å²) in [5.41, 5.74) is 0.166. The number of nitriles is 1. The van der Waals surface area contributed by atoms with E-state index in [1.165, 1.54) is 0 Å². The molecule has 1 aliphatic carbocycles. The third kappa shape index (κ3) is 4.32. The molecule has 0 aliphatic heterocycles. The molecule has 0 aromatic heterocycles.